The van der Waals surface area contributed by atoms with Gasteiger partial charge in [-0.05, 0) is 44.2 Å². The Bertz CT molecular complexity index is 1430. The molecule has 0 radical (unpaired) electrons. The summed E-state index contributed by atoms with van der Waals surface area (Å²) in [6.07, 6.45) is 0. The summed E-state index contributed by atoms with van der Waals surface area (Å²) in [5, 5.41) is 6.82. The average molecular weight is 492 g/mol. The molecular weight excluding hydrogens is 466 g/mol. The Morgan fingerprint density at radius 2 is 1.69 bits per heavy atom. The van der Waals surface area contributed by atoms with Gasteiger partial charge in [-0.1, -0.05) is 53.7 Å². The lowest BCUT2D eigenvalue weighted by Gasteiger charge is -2.23. The van der Waals surface area contributed by atoms with Crippen molar-refractivity contribution in [2.45, 2.75) is 18.7 Å². The minimum atomic E-state index is -3.90. The lowest BCUT2D eigenvalue weighted by Crippen LogP contribution is -2.30. The predicted molar refractivity (Wildman–Crippen MR) is 134 cm³/mol. The standard InChI is InChI=1S/C26H25N3O5S/c1-4-29(20-13-9-6-10-14-20)35(31,32)21-15-16-23(33-3)22(17-21)27-26(30)24-18(2)34-28-25(24)19-11-7-5-8-12-19/h5-17H,4H2,1-3H3,(H,27,30). The van der Waals surface area contributed by atoms with Gasteiger partial charge in [0.2, 0.25) is 0 Å². The van der Waals surface area contributed by atoms with E-state index < -0.39 is 15.9 Å². The number of amides is 1. The first-order chi connectivity index (χ1) is 16.9. The van der Waals surface area contributed by atoms with Gasteiger partial charge in [-0.15, -0.1) is 0 Å². The average Bonchev–Trinajstić information content (AvgIpc) is 3.27. The van der Waals surface area contributed by atoms with E-state index in [-0.39, 0.29) is 22.7 Å². The van der Waals surface area contributed by atoms with E-state index in [1.807, 2.05) is 36.4 Å². The normalized spacial score (nSPS) is 11.2. The summed E-state index contributed by atoms with van der Waals surface area (Å²) >= 11 is 0. The summed E-state index contributed by atoms with van der Waals surface area (Å²) in [5.74, 6) is 0.159. The van der Waals surface area contributed by atoms with Crippen LogP contribution in [0, 0.1) is 6.92 Å². The SMILES string of the molecule is CCN(c1ccccc1)S(=O)(=O)c1ccc(OC)c(NC(=O)c2c(-c3ccccc3)noc2C)c1. The number of hydrogen-bond donors (Lipinski definition) is 1. The van der Waals surface area contributed by atoms with Gasteiger partial charge in [0, 0.05) is 12.1 Å². The van der Waals surface area contributed by atoms with Crippen LogP contribution in [0.15, 0.2) is 88.3 Å². The van der Waals surface area contributed by atoms with Gasteiger partial charge in [-0.25, -0.2) is 8.42 Å². The highest BCUT2D eigenvalue weighted by Crippen LogP contribution is 2.32. The van der Waals surface area contributed by atoms with Gasteiger partial charge in [0.1, 0.15) is 22.8 Å². The molecular formula is C26H25N3O5S. The zero-order valence-corrected chi connectivity index (χ0v) is 20.4. The van der Waals surface area contributed by atoms with Crippen LogP contribution in [0.1, 0.15) is 23.0 Å². The second kappa shape index (κ2) is 10.0. The number of benzene rings is 3. The van der Waals surface area contributed by atoms with Crippen molar-refractivity contribution in [3.8, 4) is 17.0 Å². The molecule has 0 spiro atoms. The fraction of sp³-hybridized carbons (Fsp3) is 0.154. The van der Waals surface area contributed by atoms with E-state index >= 15 is 0 Å². The van der Waals surface area contributed by atoms with Gasteiger partial charge in [-0.3, -0.25) is 9.10 Å². The quantitative estimate of drug-likeness (QED) is 0.367. The number of sulfonamides is 1. The molecule has 0 fully saturated rings. The van der Waals surface area contributed by atoms with E-state index in [2.05, 4.69) is 10.5 Å². The number of nitrogens with zero attached hydrogens (tertiary/aromatic N) is 2. The monoisotopic (exact) mass is 491 g/mol. The number of carbonyl (C=O) groups excluding carboxylic acids is 1. The fourth-order valence-electron chi connectivity index (χ4n) is 3.78. The molecule has 8 nitrogen and oxygen atoms in total. The van der Waals surface area contributed by atoms with Crippen LogP contribution in [0.2, 0.25) is 0 Å². The summed E-state index contributed by atoms with van der Waals surface area (Å²) in [6, 6.07) is 22.4. The fourth-order valence-corrected chi connectivity index (χ4v) is 5.28. The number of para-hydroxylation sites is 1. The highest BCUT2D eigenvalue weighted by Gasteiger charge is 2.27. The highest BCUT2D eigenvalue weighted by molar-refractivity contribution is 7.92. The topological polar surface area (TPSA) is 102 Å². The van der Waals surface area contributed by atoms with E-state index in [1.54, 1.807) is 38.1 Å². The number of aryl methyl sites for hydroxylation is 1. The first kappa shape index (κ1) is 24.0. The number of rotatable bonds is 8. The van der Waals surface area contributed by atoms with E-state index in [0.717, 1.165) is 5.56 Å². The van der Waals surface area contributed by atoms with E-state index in [9.17, 15) is 13.2 Å². The molecule has 3 aromatic carbocycles. The van der Waals surface area contributed by atoms with Crippen molar-refractivity contribution in [3.63, 3.8) is 0 Å². The maximum absolute atomic E-state index is 13.5. The predicted octanol–water partition coefficient (Wildman–Crippen LogP) is 5.13. The molecule has 9 heteroatoms. The van der Waals surface area contributed by atoms with Crippen molar-refractivity contribution in [2.24, 2.45) is 0 Å². The van der Waals surface area contributed by atoms with Gasteiger partial charge in [0.05, 0.1) is 23.4 Å². The zero-order chi connectivity index (χ0) is 25.0. The van der Waals surface area contributed by atoms with Crippen LogP contribution >= 0.6 is 0 Å². The molecule has 4 aromatic rings. The molecule has 1 aromatic heterocycles. The smallest absolute Gasteiger partial charge is 0.264 e. The third kappa shape index (κ3) is 4.76. The third-order valence-electron chi connectivity index (χ3n) is 5.48. The molecule has 0 atom stereocenters. The van der Waals surface area contributed by atoms with Crippen molar-refractivity contribution in [1.82, 2.24) is 5.16 Å². The molecule has 0 saturated carbocycles. The van der Waals surface area contributed by atoms with Gasteiger partial charge >= 0.3 is 0 Å². The lowest BCUT2D eigenvalue weighted by molar-refractivity contribution is 0.102. The van der Waals surface area contributed by atoms with E-state index in [1.165, 1.54) is 29.6 Å². The first-order valence-corrected chi connectivity index (χ1v) is 12.4. The van der Waals surface area contributed by atoms with Crippen molar-refractivity contribution in [3.05, 3.63) is 90.2 Å². The summed E-state index contributed by atoms with van der Waals surface area (Å²) < 4.78 is 38.9. The third-order valence-corrected chi connectivity index (χ3v) is 7.37. The Hall–Kier alpha value is -4.11. The minimum Gasteiger partial charge on any atom is -0.495 e. The Labute approximate surface area is 204 Å². The number of carbonyl (C=O) groups is 1. The molecule has 180 valence electrons. The molecule has 0 aliphatic heterocycles. The lowest BCUT2D eigenvalue weighted by atomic mass is 10.1. The maximum Gasteiger partial charge on any atom is 0.264 e. The summed E-state index contributed by atoms with van der Waals surface area (Å²) in [4.78, 5) is 13.3. The summed E-state index contributed by atoms with van der Waals surface area (Å²) in [6.45, 7) is 3.64. The number of ether oxygens (including phenoxy) is 1. The number of anilines is 2. The zero-order valence-electron chi connectivity index (χ0n) is 19.6. The molecule has 0 unspecified atom stereocenters. The number of hydrogen-bond acceptors (Lipinski definition) is 6. The van der Waals surface area contributed by atoms with Crippen LogP contribution in [0.5, 0.6) is 5.75 Å². The largest absolute Gasteiger partial charge is 0.495 e. The molecule has 4 rings (SSSR count). The van der Waals surface area contributed by atoms with Gasteiger partial charge in [0.25, 0.3) is 15.9 Å². The summed E-state index contributed by atoms with van der Waals surface area (Å²) in [5.41, 5.74) is 2.13. The summed E-state index contributed by atoms with van der Waals surface area (Å²) in [7, 11) is -2.46. The number of nitrogens with one attached hydrogen (secondary N) is 1. The Morgan fingerprint density at radius 3 is 2.31 bits per heavy atom. The second-order valence-corrected chi connectivity index (χ2v) is 9.51. The molecule has 35 heavy (non-hydrogen) atoms. The van der Waals surface area contributed by atoms with Crippen LogP contribution in [-0.4, -0.2) is 33.1 Å². The molecule has 1 heterocycles. The van der Waals surface area contributed by atoms with Crippen LogP contribution in [0.25, 0.3) is 11.3 Å². The van der Waals surface area contributed by atoms with Crippen LogP contribution in [0.3, 0.4) is 0 Å². The molecule has 1 amide bonds. The van der Waals surface area contributed by atoms with E-state index in [4.69, 9.17) is 9.26 Å². The minimum absolute atomic E-state index is 0.0182. The van der Waals surface area contributed by atoms with Gasteiger partial charge in [-0.2, -0.15) is 0 Å². The van der Waals surface area contributed by atoms with Crippen LogP contribution in [-0.2, 0) is 10.0 Å². The van der Waals surface area contributed by atoms with E-state index in [0.29, 0.717) is 22.9 Å². The molecule has 0 aliphatic rings. The number of methoxy groups -OCH3 is 1. The van der Waals surface area contributed by atoms with Gasteiger partial charge < -0.3 is 14.6 Å². The van der Waals surface area contributed by atoms with Crippen molar-refractivity contribution < 1.29 is 22.5 Å². The van der Waals surface area contributed by atoms with Crippen LogP contribution < -0.4 is 14.4 Å². The second-order valence-electron chi connectivity index (χ2n) is 7.65. The Morgan fingerprint density at radius 1 is 1.03 bits per heavy atom. The molecule has 1 N–H and O–H groups in total. The molecule has 0 aliphatic carbocycles. The molecule has 0 saturated heterocycles. The first-order valence-electron chi connectivity index (χ1n) is 11.0. The number of aromatic nitrogens is 1. The van der Waals surface area contributed by atoms with Crippen molar-refractivity contribution >= 4 is 27.3 Å². The maximum atomic E-state index is 13.5. The molecule has 0 bridgehead atoms. The van der Waals surface area contributed by atoms with Crippen LogP contribution in [0.4, 0.5) is 11.4 Å². The van der Waals surface area contributed by atoms with Crippen molar-refractivity contribution in [1.29, 1.82) is 0 Å². The Balaban J connectivity index is 1.71. The Kier molecular flexibility index (Phi) is 6.88. The highest BCUT2D eigenvalue weighted by atomic mass is 32.2. The van der Waals surface area contributed by atoms with Crippen molar-refractivity contribution in [2.75, 3.05) is 23.3 Å². The van der Waals surface area contributed by atoms with Gasteiger partial charge in [0.15, 0.2) is 0 Å².